The lowest BCUT2D eigenvalue weighted by atomic mass is 9.95. The van der Waals surface area contributed by atoms with Crippen molar-refractivity contribution in [2.24, 2.45) is 0 Å². The van der Waals surface area contributed by atoms with Crippen LogP contribution in [0.2, 0.25) is 0 Å². The molecule has 17 heavy (non-hydrogen) atoms. The van der Waals surface area contributed by atoms with Gasteiger partial charge in [-0.2, -0.15) is 0 Å². The summed E-state index contributed by atoms with van der Waals surface area (Å²) in [5, 5.41) is 12.7. The van der Waals surface area contributed by atoms with Gasteiger partial charge in [0.25, 0.3) is 0 Å². The SMILES string of the molecule is CCNC(=O)C(C)n1ccc2c1CCCC2O. The van der Waals surface area contributed by atoms with Crippen molar-refractivity contribution in [2.75, 3.05) is 6.54 Å². The number of fused-ring (bicyclic) bond motifs is 1. The Kier molecular flexibility index (Phi) is 3.52. The number of aromatic nitrogens is 1. The number of carbonyl (C=O) groups excluding carboxylic acids is 1. The van der Waals surface area contributed by atoms with Gasteiger partial charge in [0.2, 0.25) is 5.91 Å². The van der Waals surface area contributed by atoms with Gasteiger partial charge in [0, 0.05) is 24.0 Å². The lowest BCUT2D eigenvalue weighted by Crippen LogP contribution is -2.31. The van der Waals surface area contributed by atoms with E-state index in [1.807, 2.05) is 30.7 Å². The third-order valence-electron chi connectivity index (χ3n) is 3.46. The fourth-order valence-electron chi connectivity index (χ4n) is 2.50. The standard InChI is InChI=1S/C13H20N2O2/c1-3-14-13(17)9(2)15-8-7-10-11(15)5-4-6-12(10)16/h7-9,12,16H,3-6H2,1-2H3,(H,14,17). The van der Waals surface area contributed by atoms with Crippen LogP contribution in [0.5, 0.6) is 0 Å². The van der Waals surface area contributed by atoms with Crippen molar-refractivity contribution in [3.8, 4) is 0 Å². The maximum atomic E-state index is 11.8. The number of hydrogen-bond donors (Lipinski definition) is 2. The molecule has 0 saturated heterocycles. The van der Waals surface area contributed by atoms with E-state index in [2.05, 4.69) is 5.32 Å². The number of carbonyl (C=O) groups is 1. The molecular weight excluding hydrogens is 216 g/mol. The Morgan fingerprint density at radius 1 is 1.71 bits per heavy atom. The maximum absolute atomic E-state index is 11.8. The van der Waals surface area contributed by atoms with Crippen molar-refractivity contribution in [1.29, 1.82) is 0 Å². The minimum Gasteiger partial charge on any atom is -0.388 e. The molecule has 94 valence electrons. The summed E-state index contributed by atoms with van der Waals surface area (Å²) in [6.07, 6.45) is 4.32. The van der Waals surface area contributed by atoms with Crippen molar-refractivity contribution in [3.63, 3.8) is 0 Å². The summed E-state index contributed by atoms with van der Waals surface area (Å²) in [4.78, 5) is 11.8. The molecule has 1 aliphatic carbocycles. The molecule has 1 aromatic rings. The van der Waals surface area contributed by atoms with Crippen molar-refractivity contribution in [2.45, 2.75) is 45.3 Å². The number of nitrogens with zero attached hydrogens (tertiary/aromatic N) is 1. The van der Waals surface area contributed by atoms with Crippen LogP contribution in [0.25, 0.3) is 0 Å². The number of amides is 1. The van der Waals surface area contributed by atoms with Gasteiger partial charge in [0.15, 0.2) is 0 Å². The Morgan fingerprint density at radius 2 is 2.47 bits per heavy atom. The summed E-state index contributed by atoms with van der Waals surface area (Å²) < 4.78 is 1.99. The van der Waals surface area contributed by atoms with Crippen LogP contribution in [0, 0.1) is 0 Å². The van der Waals surface area contributed by atoms with E-state index in [1.54, 1.807) is 0 Å². The first kappa shape index (κ1) is 12.2. The average Bonchev–Trinajstić information content (AvgIpc) is 2.73. The molecule has 0 saturated carbocycles. The highest BCUT2D eigenvalue weighted by Crippen LogP contribution is 2.31. The third kappa shape index (κ3) is 2.22. The first-order valence-corrected chi connectivity index (χ1v) is 6.30. The van der Waals surface area contributed by atoms with Crippen LogP contribution in [-0.2, 0) is 11.2 Å². The highest BCUT2D eigenvalue weighted by molar-refractivity contribution is 5.80. The predicted molar refractivity (Wildman–Crippen MR) is 65.7 cm³/mol. The maximum Gasteiger partial charge on any atom is 0.242 e. The van der Waals surface area contributed by atoms with Crippen LogP contribution < -0.4 is 5.32 Å². The summed E-state index contributed by atoms with van der Waals surface area (Å²) >= 11 is 0. The van der Waals surface area contributed by atoms with Crippen molar-refractivity contribution in [1.82, 2.24) is 9.88 Å². The molecule has 1 heterocycles. The van der Waals surface area contributed by atoms with Crippen LogP contribution >= 0.6 is 0 Å². The lowest BCUT2D eigenvalue weighted by Gasteiger charge is -2.22. The second-order valence-electron chi connectivity index (χ2n) is 4.60. The van der Waals surface area contributed by atoms with Gasteiger partial charge in [0.1, 0.15) is 6.04 Å². The molecule has 0 fully saturated rings. The van der Waals surface area contributed by atoms with Gasteiger partial charge in [-0.05, 0) is 39.2 Å². The zero-order valence-corrected chi connectivity index (χ0v) is 10.4. The van der Waals surface area contributed by atoms with Gasteiger partial charge in [0.05, 0.1) is 6.10 Å². The Balaban J connectivity index is 2.25. The van der Waals surface area contributed by atoms with E-state index >= 15 is 0 Å². The highest BCUT2D eigenvalue weighted by Gasteiger charge is 2.24. The van der Waals surface area contributed by atoms with E-state index < -0.39 is 0 Å². The van der Waals surface area contributed by atoms with E-state index in [-0.39, 0.29) is 18.1 Å². The summed E-state index contributed by atoms with van der Waals surface area (Å²) in [5.74, 6) is 0.0333. The number of aliphatic hydroxyl groups excluding tert-OH is 1. The largest absolute Gasteiger partial charge is 0.388 e. The number of hydrogen-bond acceptors (Lipinski definition) is 2. The fourth-order valence-corrected chi connectivity index (χ4v) is 2.50. The zero-order chi connectivity index (χ0) is 12.4. The van der Waals surface area contributed by atoms with Gasteiger partial charge < -0.3 is 15.0 Å². The van der Waals surface area contributed by atoms with Crippen molar-refractivity contribution < 1.29 is 9.90 Å². The van der Waals surface area contributed by atoms with Gasteiger partial charge in [-0.3, -0.25) is 4.79 Å². The molecule has 1 aliphatic rings. The Labute approximate surface area is 102 Å². The average molecular weight is 236 g/mol. The molecule has 0 aliphatic heterocycles. The molecule has 1 amide bonds. The van der Waals surface area contributed by atoms with Gasteiger partial charge in [-0.25, -0.2) is 0 Å². The van der Waals surface area contributed by atoms with Gasteiger partial charge in [-0.15, -0.1) is 0 Å². The molecule has 1 aromatic heterocycles. The van der Waals surface area contributed by atoms with E-state index in [0.717, 1.165) is 30.5 Å². The van der Waals surface area contributed by atoms with Crippen molar-refractivity contribution >= 4 is 5.91 Å². The zero-order valence-electron chi connectivity index (χ0n) is 10.4. The normalized spacial score (nSPS) is 20.8. The van der Waals surface area contributed by atoms with Crippen LogP contribution in [0.3, 0.4) is 0 Å². The Morgan fingerprint density at radius 3 is 3.18 bits per heavy atom. The van der Waals surface area contributed by atoms with Gasteiger partial charge >= 0.3 is 0 Å². The number of likely N-dealkylation sites (N-methyl/N-ethyl adjacent to an activating group) is 1. The van der Waals surface area contributed by atoms with Crippen LogP contribution in [0.1, 0.15) is 50.1 Å². The molecular formula is C13H20N2O2. The predicted octanol–water partition coefficient (Wildman–Crippen LogP) is 1.55. The van der Waals surface area contributed by atoms with E-state index in [0.29, 0.717) is 6.54 Å². The molecule has 4 heteroatoms. The minimum atomic E-state index is -0.360. The summed E-state index contributed by atoms with van der Waals surface area (Å²) in [6.45, 7) is 4.46. The van der Waals surface area contributed by atoms with Crippen LogP contribution in [-0.4, -0.2) is 22.1 Å². The summed E-state index contributed by atoms with van der Waals surface area (Å²) in [7, 11) is 0. The Bertz CT molecular complexity index is 412. The smallest absolute Gasteiger partial charge is 0.242 e. The quantitative estimate of drug-likeness (QED) is 0.836. The fraction of sp³-hybridized carbons (Fsp3) is 0.615. The first-order valence-electron chi connectivity index (χ1n) is 6.30. The molecule has 0 bridgehead atoms. The molecule has 4 nitrogen and oxygen atoms in total. The van der Waals surface area contributed by atoms with Crippen molar-refractivity contribution in [3.05, 3.63) is 23.5 Å². The molecule has 2 unspecified atom stereocenters. The molecule has 2 N–H and O–H groups in total. The third-order valence-corrected chi connectivity index (χ3v) is 3.46. The number of nitrogens with one attached hydrogen (secondary N) is 1. The highest BCUT2D eigenvalue weighted by atomic mass is 16.3. The monoisotopic (exact) mass is 236 g/mol. The minimum absolute atomic E-state index is 0.0333. The summed E-state index contributed by atoms with van der Waals surface area (Å²) in [6, 6.07) is 1.73. The first-order chi connectivity index (χ1) is 8.15. The number of rotatable bonds is 3. The topological polar surface area (TPSA) is 54.3 Å². The van der Waals surface area contributed by atoms with Crippen LogP contribution in [0.4, 0.5) is 0 Å². The van der Waals surface area contributed by atoms with E-state index in [4.69, 9.17) is 0 Å². The van der Waals surface area contributed by atoms with Gasteiger partial charge in [-0.1, -0.05) is 0 Å². The van der Waals surface area contributed by atoms with E-state index in [9.17, 15) is 9.90 Å². The molecule has 0 spiro atoms. The Hall–Kier alpha value is -1.29. The second kappa shape index (κ2) is 4.92. The van der Waals surface area contributed by atoms with Crippen LogP contribution in [0.15, 0.2) is 12.3 Å². The molecule has 2 rings (SSSR count). The molecule has 2 atom stereocenters. The summed E-state index contributed by atoms with van der Waals surface area (Å²) in [5.41, 5.74) is 2.11. The lowest BCUT2D eigenvalue weighted by molar-refractivity contribution is -0.123. The number of aliphatic hydroxyl groups is 1. The molecule has 0 radical (unpaired) electrons. The van der Waals surface area contributed by atoms with E-state index in [1.165, 1.54) is 0 Å². The second-order valence-corrected chi connectivity index (χ2v) is 4.60. The molecule has 0 aromatic carbocycles.